The molecule has 7 nitrogen and oxygen atoms in total. The van der Waals surface area contributed by atoms with E-state index in [0.29, 0.717) is 28.8 Å². The smallest absolute Gasteiger partial charge is 0.324 e. The summed E-state index contributed by atoms with van der Waals surface area (Å²) < 4.78 is 1.03. The van der Waals surface area contributed by atoms with Crippen LogP contribution in [-0.2, 0) is 4.79 Å². The minimum absolute atomic E-state index is 0.345. The average Bonchev–Trinajstić information content (AvgIpc) is 2.76. The molecule has 2 aromatic heterocycles. The maximum absolute atomic E-state index is 13.2. The number of nitrogens with zero attached hydrogens (tertiary/aromatic N) is 2. The topological polar surface area (TPSA) is 96.8 Å². The first kappa shape index (κ1) is 19.9. The number of hydrogen-bond donors (Lipinski definition) is 2. The Morgan fingerprint density at radius 1 is 1.10 bits per heavy atom. The van der Waals surface area contributed by atoms with Gasteiger partial charge in [-0.1, -0.05) is 18.2 Å². The molecule has 4 rings (SSSR count). The minimum Gasteiger partial charge on any atom is -0.324 e. The molecule has 0 saturated carbocycles. The van der Waals surface area contributed by atoms with Crippen LogP contribution in [0.15, 0.2) is 70.4 Å². The van der Waals surface area contributed by atoms with E-state index in [2.05, 4.69) is 15.3 Å². The molecule has 2 heterocycles. The van der Waals surface area contributed by atoms with Gasteiger partial charge in [0.05, 0.1) is 22.1 Å². The lowest BCUT2D eigenvalue weighted by atomic mass is 10.1. The van der Waals surface area contributed by atoms with Crippen molar-refractivity contribution in [3.63, 3.8) is 0 Å². The number of pyridine rings is 1. The predicted molar refractivity (Wildman–Crippen MR) is 121 cm³/mol. The van der Waals surface area contributed by atoms with Crippen LogP contribution in [0.4, 0.5) is 5.69 Å². The molecule has 0 spiro atoms. The van der Waals surface area contributed by atoms with Gasteiger partial charge in [-0.15, -0.1) is 0 Å². The van der Waals surface area contributed by atoms with Gasteiger partial charge in [0, 0.05) is 11.6 Å². The quantitative estimate of drug-likeness (QED) is 0.499. The molecule has 0 aliphatic rings. The Morgan fingerprint density at radius 2 is 1.90 bits per heavy atom. The van der Waals surface area contributed by atoms with Crippen LogP contribution < -0.4 is 16.6 Å². The number of thioether (sulfide) groups is 1. The molecule has 1 unspecified atom stereocenters. The van der Waals surface area contributed by atoms with Crippen LogP contribution in [0.5, 0.6) is 0 Å². The molecule has 0 saturated heterocycles. The molecular formula is C22H20N4O3S. The number of aromatic amines is 1. The number of aromatic nitrogens is 3. The fourth-order valence-electron chi connectivity index (χ4n) is 3.49. The highest BCUT2D eigenvalue weighted by Gasteiger charge is 2.25. The van der Waals surface area contributed by atoms with Crippen LogP contribution in [0.2, 0.25) is 0 Å². The summed E-state index contributed by atoms with van der Waals surface area (Å²) in [6.07, 6.45) is 3.94. The van der Waals surface area contributed by atoms with Gasteiger partial charge in [0.1, 0.15) is 6.04 Å². The highest BCUT2D eigenvalue weighted by atomic mass is 32.2. The molecule has 0 aliphatic carbocycles. The molecule has 30 heavy (non-hydrogen) atoms. The number of hydrogen-bond acceptors (Lipinski definition) is 5. The first-order chi connectivity index (χ1) is 14.6. The Morgan fingerprint density at radius 3 is 2.73 bits per heavy atom. The second kappa shape index (κ2) is 8.54. The van der Waals surface area contributed by atoms with E-state index in [1.54, 1.807) is 60.4 Å². The lowest BCUT2D eigenvalue weighted by Gasteiger charge is -2.19. The molecule has 2 aromatic carbocycles. The molecule has 0 radical (unpaired) electrons. The summed E-state index contributed by atoms with van der Waals surface area (Å²) in [6.45, 7) is 0. The van der Waals surface area contributed by atoms with Crippen LogP contribution in [0.25, 0.3) is 21.8 Å². The maximum atomic E-state index is 13.2. The number of nitrogens with one attached hydrogen (secondary N) is 2. The molecule has 152 valence electrons. The fraction of sp³-hybridized carbons (Fsp3) is 0.182. The summed E-state index contributed by atoms with van der Waals surface area (Å²) in [4.78, 5) is 46.1. The van der Waals surface area contributed by atoms with Crippen molar-refractivity contribution in [3.8, 4) is 0 Å². The van der Waals surface area contributed by atoms with E-state index in [9.17, 15) is 14.4 Å². The molecule has 1 amide bonds. The first-order valence-corrected chi connectivity index (χ1v) is 10.9. The number of anilines is 1. The van der Waals surface area contributed by atoms with Gasteiger partial charge in [-0.05, 0) is 54.8 Å². The summed E-state index contributed by atoms with van der Waals surface area (Å²) in [7, 11) is 0. The van der Waals surface area contributed by atoms with Crippen LogP contribution in [-0.4, -0.2) is 32.5 Å². The summed E-state index contributed by atoms with van der Waals surface area (Å²) >= 11 is 1.55. The number of carbonyl (C=O) groups excluding carboxylic acids is 1. The predicted octanol–water partition coefficient (Wildman–Crippen LogP) is 3.17. The monoisotopic (exact) mass is 420 g/mol. The van der Waals surface area contributed by atoms with Gasteiger partial charge in [-0.25, -0.2) is 9.36 Å². The Balaban J connectivity index is 1.78. The zero-order valence-corrected chi connectivity index (χ0v) is 17.1. The van der Waals surface area contributed by atoms with Gasteiger partial charge in [-0.2, -0.15) is 11.8 Å². The van der Waals surface area contributed by atoms with Gasteiger partial charge in [0.15, 0.2) is 0 Å². The zero-order chi connectivity index (χ0) is 21.1. The molecule has 8 heteroatoms. The van der Waals surface area contributed by atoms with Crippen LogP contribution in [0, 0.1) is 0 Å². The largest absolute Gasteiger partial charge is 0.329 e. The van der Waals surface area contributed by atoms with Crippen LogP contribution in [0.1, 0.15) is 12.5 Å². The zero-order valence-electron chi connectivity index (χ0n) is 16.3. The highest BCUT2D eigenvalue weighted by Crippen LogP contribution is 2.23. The number of H-pyrrole nitrogens is 1. The van der Waals surface area contributed by atoms with Gasteiger partial charge in [0.25, 0.3) is 5.56 Å². The molecule has 1 atom stereocenters. The Labute approximate surface area is 176 Å². The first-order valence-electron chi connectivity index (χ1n) is 9.47. The van der Waals surface area contributed by atoms with E-state index >= 15 is 0 Å². The maximum Gasteiger partial charge on any atom is 0.329 e. The summed E-state index contributed by atoms with van der Waals surface area (Å²) in [5.74, 6) is 0.205. The fourth-order valence-corrected chi connectivity index (χ4v) is 3.95. The van der Waals surface area contributed by atoms with Crippen molar-refractivity contribution in [2.45, 2.75) is 12.5 Å². The molecule has 2 N–H and O–H groups in total. The number of carbonyl (C=O) groups is 1. The third kappa shape index (κ3) is 3.73. The summed E-state index contributed by atoms with van der Waals surface area (Å²) in [5.41, 5.74) is 0.712. The second-order valence-electron chi connectivity index (χ2n) is 6.81. The lowest BCUT2D eigenvalue weighted by Crippen LogP contribution is -2.43. The average molecular weight is 420 g/mol. The van der Waals surface area contributed by atoms with Crippen molar-refractivity contribution in [3.05, 3.63) is 81.6 Å². The number of benzene rings is 2. The van der Waals surface area contributed by atoms with Crippen LogP contribution >= 0.6 is 11.8 Å². The van der Waals surface area contributed by atoms with E-state index in [4.69, 9.17) is 0 Å². The van der Waals surface area contributed by atoms with Gasteiger partial charge in [-0.3, -0.25) is 14.6 Å². The standard InChI is InChI=1S/C22H20N4O3S/c1-30-13-11-19(26-21(28)15-6-2-3-8-18(15)25-22(26)29)20(27)24-17-10-4-9-16-14(17)7-5-12-23-16/h2-10,12,19H,11,13H2,1H3,(H,24,27)(H,25,29). The van der Waals surface area contributed by atoms with Crippen LogP contribution in [0.3, 0.4) is 0 Å². The third-order valence-electron chi connectivity index (χ3n) is 4.95. The van der Waals surface area contributed by atoms with E-state index in [1.165, 1.54) is 0 Å². The Bertz CT molecular complexity index is 1340. The van der Waals surface area contributed by atoms with Gasteiger partial charge < -0.3 is 10.3 Å². The van der Waals surface area contributed by atoms with Crippen molar-refractivity contribution in [2.75, 3.05) is 17.3 Å². The second-order valence-corrected chi connectivity index (χ2v) is 7.80. The van der Waals surface area contributed by atoms with Gasteiger partial charge >= 0.3 is 5.69 Å². The number of para-hydroxylation sites is 1. The summed E-state index contributed by atoms with van der Waals surface area (Å²) in [6, 6.07) is 14.9. The summed E-state index contributed by atoms with van der Waals surface area (Å²) in [5, 5.41) is 4.05. The van der Waals surface area contributed by atoms with E-state index in [0.717, 1.165) is 15.5 Å². The lowest BCUT2D eigenvalue weighted by molar-refractivity contribution is -0.119. The van der Waals surface area contributed by atoms with Crippen molar-refractivity contribution in [1.29, 1.82) is 0 Å². The van der Waals surface area contributed by atoms with E-state index in [1.807, 2.05) is 18.4 Å². The normalized spacial score (nSPS) is 12.2. The molecule has 0 aliphatic heterocycles. The van der Waals surface area contributed by atoms with Crippen molar-refractivity contribution in [1.82, 2.24) is 14.5 Å². The van der Waals surface area contributed by atoms with Gasteiger partial charge in [0.2, 0.25) is 5.91 Å². The van der Waals surface area contributed by atoms with Crippen molar-refractivity contribution >= 4 is 45.2 Å². The molecular weight excluding hydrogens is 400 g/mol. The molecule has 0 fully saturated rings. The van der Waals surface area contributed by atoms with Crippen molar-refractivity contribution in [2.24, 2.45) is 0 Å². The molecule has 0 bridgehead atoms. The minimum atomic E-state index is -0.940. The highest BCUT2D eigenvalue weighted by molar-refractivity contribution is 7.98. The third-order valence-corrected chi connectivity index (χ3v) is 5.59. The van der Waals surface area contributed by atoms with E-state index < -0.39 is 23.2 Å². The van der Waals surface area contributed by atoms with Crippen molar-refractivity contribution < 1.29 is 4.79 Å². The Kier molecular flexibility index (Phi) is 5.67. The number of amides is 1. The SMILES string of the molecule is CSCCC(C(=O)Nc1cccc2ncccc12)n1c(=O)[nH]c2ccccc2c1=O. The number of rotatable bonds is 6. The number of fused-ring (bicyclic) bond motifs is 2. The van der Waals surface area contributed by atoms with E-state index in [-0.39, 0.29) is 0 Å². The Hall–Kier alpha value is -3.39. The molecule has 4 aromatic rings.